The Hall–Kier alpha value is -4.30. The lowest BCUT2D eigenvalue weighted by Gasteiger charge is -2.14. The molecule has 0 bridgehead atoms. The maximum absolute atomic E-state index is 13.6. The number of nitrogens with zero attached hydrogens (tertiary/aromatic N) is 2. The van der Waals surface area contributed by atoms with Crippen molar-refractivity contribution >= 4 is 45.3 Å². The van der Waals surface area contributed by atoms with Crippen molar-refractivity contribution in [3.8, 4) is 11.4 Å². The van der Waals surface area contributed by atoms with Crippen molar-refractivity contribution in [2.75, 3.05) is 12.4 Å². The Morgan fingerprint density at radius 2 is 1.76 bits per heavy atom. The Morgan fingerprint density at radius 1 is 1.03 bits per heavy atom. The van der Waals surface area contributed by atoms with Gasteiger partial charge in [-0.05, 0) is 42.5 Å². The van der Waals surface area contributed by atoms with Gasteiger partial charge in [-0.3, -0.25) is 14.2 Å². The van der Waals surface area contributed by atoms with E-state index in [1.165, 1.54) is 11.7 Å². The fraction of sp³-hybridized carbons (Fsp3) is 0.0800. The van der Waals surface area contributed by atoms with Crippen LogP contribution in [0.2, 0.25) is 5.02 Å². The van der Waals surface area contributed by atoms with Gasteiger partial charge in [-0.25, -0.2) is 9.36 Å². The normalized spacial score (nSPS) is 11.1. The number of hydrogen-bond acceptors (Lipinski definition) is 5. The number of hydrogen-bond donors (Lipinski definition) is 1. The summed E-state index contributed by atoms with van der Waals surface area (Å²) in [6, 6.07) is 20.3. The summed E-state index contributed by atoms with van der Waals surface area (Å²) >= 11 is 6.06. The lowest BCUT2D eigenvalue weighted by Crippen LogP contribution is -2.40. The maximum Gasteiger partial charge on any atom is 0.336 e. The number of ether oxygens (including phenoxy) is 1. The number of halogens is 1. The van der Waals surface area contributed by atoms with Gasteiger partial charge in [0.1, 0.15) is 23.4 Å². The van der Waals surface area contributed by atoms with Crippen LogP contribution in [0.1, 0.15) is 0 Å². The van der Waals surface area contributed by atoms with Crippen LogP contribution < -0.4 is 21.3 Å². The molecule has 1 N–H and O–H groups in total. The van der Waals surface area contributed by atoms with Crippen LogP contribution >= 0.6 is 11.6 Å². The molecular weight excluding hydrogens is 458 g/mol. The van der Waals surface area contributed by atoms with Gasteiger partial charge in [0.2, 0.25) is 11.5 Å². The van der Waals surface area contributed by atoms with E-state index in [9.17, 15) is 14.4 Å². The molecule has 2 aromatic heterocycles. The predicted molar refractivity (Wildman–Crippen MR) is 130 cm³/mol. The van der Waals surface area contributed by atoms with Crippen molar-refractivity contribution in [2.45, 2.75) is 6.54 Å². The third-order valence-corrected chi connectivity index (χ3v) is 5.65. The number of nitrogens with one attached hydrogen (secondary N) is 1. The highest BCUT2D eigenvalue weighted by molar-refractivity contribution is 6.31. The molecule has 0 saturated heterocycles. The number of carbonyl (C=O) groups is 1. The van der Waals surface area contributed by atoms with E-state index in [4.69, 9.17) is 20.8 Å². The molecule has 9 heteroatoms. The number of amides is 1. The Labute approximate surface area is 197 Å². The lowest BCUT2D eigenvalue weighted by atomic mass is 10.2. The van der Waals surface area contributed by atoms with Crippen molar-refractivity contribution in [2.24, 2.45) is 0 Å². The van der Waals surface area contributed by atoms with Crippen molar-refractivity contribution < 1.29 is 13.9 Å². The second kappa shape index (κ2) is 8.57. The molecule has 34 heavy (non-hydrogen) atoms. The monoisotopic (exact) mass is 475 g/mol. The van der Waals surface area contributed by atoms with Crippen LogP contribution in [0.4, 0.5) is 5.69 Å². The highest BCUT2D eigenvalue weighted by atomic mass is 35.5. The number of fused-ring (bicyclic) bond motifs is 3. The summed E-state index contributed by atoms with van der Waals surface area (Å²) in [4.78, 5) is 39.9. The van der Waals surface area contributed by atoms with E-state index in [1.807, 2.05) is 0 Å². The molecule has 0 aliphatic heterocycles. The summed E-state index contributed by atoms with van der Waals surface area (Å²) in [5.74, 6) is -0.0919. The number of anilines is 1. The Balaban J connectivity index is 1.70. The Morgan fingerprint density at radius 3 is 2.53 bits per heavy atom. The van der Waals surface area contributed by atoms with Crippen LogP contribution in [0.25, 0.3) is 27.8 Å². The van der Waals surface area contributed by atoms with Gasteiger partial charge < -0.3 is 14.5 Å². The number of methoxy groups -OCH3 is 1. The molecule has 0 radical (unpaired) electrons. The number of furan rings is 1. The second-order valence-corrected chi connectivity index (χ2v) is 7.95. The zero-order valence-electron chi connectivity index (χ0n) is 17.9. The number of rotatable bonds is 5. The summed E-state index contributed by atoms with van der Waals surface area (Å²) in [6.07, 6.45) is 0. The number of benzene rings is 3. The Kier molecular flexibility index (Phi) is 5.43. The first-order valence-corrected chi connectivity index (χ1v) is 10.7. The van der Waals surface area contributed by atoms with Crippen LogP contribution in [-0.4, -0.2) is 22.2 Å². The molecule has 0 aliphatic rings. The summed E-state index contributed by atoms with van der Waals surface area (Å²) in [5.41, 5.74) is 0.136. The van der Waals surface area contributed by atoms with Gasteiger partial charge in [-0.15, -0.1) is 0 Å². The quantitative estimate of drug-likeness (QED) is 0.411. The Bertz CT molecular complexity index is 1670. The summed E-state index contributed by atoms with van der Waals surface area (Å²) in [5, 5.41) is 3.70. The minimum absolute atomic E-state index is 0.0159. The largest absolute Gasteiger partial charge is 0.495 e. The average Bonchev–Trinajstić information content (AvgIpc) is 3.23. The first kappa shape index (κ1) is 21.5. The molecule has 0 atom stereocenters. The minimum Gasteiger partial charge on any atom is -0.495 e. The van der Waals surface area contributed by atoms with Crippen LogP contribution in [0.3, 0.4) is 0 Å². The third-order valence-electron chi connectivity index (χ3n) is 5.41. The fourth-order valence-electron chi connectivity index (χ4n) is 3.91. The highest BCUT2D eigenvalue weighted by Crippen LogP contribution is 2.28. The predicted octanol–water partition coefficient (Wildman–Crippen LogP) is 4.20. The highest BCUT2D eigenvalue weighted by Gasteiger charge is 2.22. The maximum atomic E-state index is 13.6. The van der Waals surface area contributed by atoms with Crippen LogP contribution in [0.5, 0.6) is 5.75 Å². The molecule has 5 rings (SSSR count). The van der Waals surface area contributed by atoms with Gasteiger partial charge in [0, 0.05) is 10.4 Å². The molecular formula is C25H18ClN3O5. The first-order chi connectivity index (χ1) is 16.5. The van der Waals surface area contributed by atoms with Crippen LogP contribution in [-0.2, 0) is 11.3 Å². The van der Waals surface area contributed by atoms with Crippen LogP contribution in [0, 0.1) is 0 Å². The number of carbonyl (C=O) groups excluding carboxylic acids is 1. The molecule has 1 amide bonds. The molecule has 170 valence electrons. The summed E-state index contributed by atoms with van der Waals surface area (Å²) in [6.45, 7) is -0.373. The van der Waals surface area contributed by atoms with Crippen molar-refractivity contribution in [3.05, 3.63) is 98.7 Å². The SMILES string of the molecule is COc1ccc(Cl)cc1NC(=O)Cn1c(=O)n(-c2ccccc2)c(=O)c2oc3ccccc3c21. The zero-order valence-corrected chi connectivity index (χ0v) is 18.7. The van der Waals surface area contributed by atoms with Gasteiger partial charge in [0.05, 0.1) is 18.5 Å². The topological polar surface area (TPSA) is 95.5 Å². The van der Waals surface area contributed by atoms with Gasteiger partial charge in [0.25, 0.3) is 0 Å². The van der Waals surface area contributed by atoms with E-state index >= 15 is 0 Å². The second-order valence-electron chi connectivity index (χ2n) is 7.51. The fourth-order valence-corrected chi connectivity index (χ4v) is 4.08. The van der Waals surface area contributed by atoms with E-state index in [0.717, 1.165) is 4.57 Å². The minimum atomic E-state index is -0.663. The molecule has 0 spiro atoms. The first-order valence-electron chi connectivity index (χ1n) is 10.3. The molecule has 8 nitrogen and oxygen atoms in total. The van der Waals surface area contributed by atoms with E-state index in [2.05, 4.69) is 5.32 Å². The number of aromatic nitrogens is 2. The lowest BCUT2D eigenvalue weighted by molar-refractivity contribution is -0.116. The molecule has 0 fully saturated rings. The van der Waals surface area contributed by atoms with E-state index in [1.54, 1.807) is 72.8 Å². The number of para-hydroxylation sites is 2. The van der Waals surface area contributed by atoms with E-state index < -0.39 is 17.2 Å². The van der Waals surface area contributed by atoms with Crippen molar-refractivity contribution in [3.63, 3.8) is 0 Å². The standard InChI is InChI=1S/C25H18ClN3O5/c1-33-20-12-11-15(26)13-18(20)27-21(30)14-28-22-17-9-5-6-10-19(17)34-23(22)24(31)29(25(28)32)16-7-3-2-4-8-16/h2-13H,14H2,1H3,(H,27,30). The zero-order chi connectivity index (χ0) is 23.8. The third kappa shape index (κ3) is 3.64. The van der Waals surface area contributed by atoms with Gasteiger partial charge in [0.15, 0.2) is 0 Å². The van der Waals surface area contributed by atoms with Gasteiger partial charge in [-0.2, -0.15) is 0 Å². The smallest absolute Gasteiger partial charge is 0.336 e. The van der Waals surface area contributed by atoms with E-state index in [0.29, 0.717) is 33.1 Å². The summed E-state index contributed by atoms with van der Waals surface area (Å²) < 4.78 is 13.3. The van der Waals surface area contributed by atoms with Crippen LogP contribution in [0.15, 0.2) is 86.8 Å². The molecule has 0 aliphatic carbocycles. The molecule has 2 heterocycles. The van der Waals surface area contributed by atoms with Gasteiger partial charge in [-0.1, -0.05) is 41.9 Å². The average molecular weight is 476 g/mol. The van der Waals surface area contributed by atoms with Crippen molar-refractivity contribution in [1.82, 2.24) is 9.13 Å². The molecule has 0 unspecified atom stereocenters. The molecule has 0 saturated carbocycles. The molecule has 3 aromatic carbocycles. The summed E-state index contributed by atoms with van der Waals surface area (Å²) in [7, 11) is 1.47. The molecule has 5 aromatic rings. The van der Waals surface area contributed by atoms with Gasteiger partial charge >= 0.3 is 11.2 Å². The van der Waals surface area contributed by atoms with E-state index in [-0.39, 0.29) is 17.6 Å². The van der Waals surface area contributed by atoms with Crippen molar-refractivity contribution in [1.29, 1.82) is 0 Å².